The van der Waals surface area contributed by atoms with Gasteiger partial charge >= 0.3 is 0 Å². The summed E-state index contributed by atoms with van der Waals surface area (Å²) in [5.41, 5.74) is 1.90. The monoisotopic (exact) mass is 227 g/mol. The van der Waals surface area contributed by atoms with Crippen LogP contribution in [0.4, 0.5) is 16.1 Å². The molecule has 0 aliphatic heterocycles. The Morgan fingerprint density at radius 1 is 0.941 bits per heavy atom. The number of imidazole rings is 1. The lowest BCUT2D eigenvalue weighted by Crippen LogP contribution is -1.95. The topological polar surface area (TPSA) is 29.9 Å². The van der Waals surface area contributed by atoms with Gasteiger partial charge in [-0.2, -0.15) is 0 Å². The van der Waals surface area contributed by atoms with Crippen LogP contribution in [0.1, 0.15) is 0 Å². The third-order valence-corrected chi connectivity index (χ3v) is 2.54. The summed E-state index contributed by atoms with van der Waals surface area (Å²) in [6, 6.07) is 16.5. The Morgan fingerprint density at radius 2 is 1.65 bits per heavy atom. The van der Waals surface area contributed by atoms with Crippen LogP contribution in [0.5, 0.6) is 0 Å². The highest BCUT2D eigenvalue weighted by molar-refractivity contribution is 5.79. The van der Waals surface area contributed by atoms with Gasteiger partial charge in [-0.1, -0.05) is 34.8 Å². The molecule has 2 aromatic carbocycles. The second-order valence-electron chi connectivity index (χ2n) is 3.70. The Morgan fingerprint density at radius 3 is 2.41 bits per heavy atom. The fraction of sp³-hybridized carbons (Fsp3) is 0. The van der Waals surface area contributed by atoms with Gasteiger partial charge < -0.3 is 5.32 Å². The van der Waals surface area contributed by atoms with Crippen LogP contribution >= 0.6 is 0 Å². The molecule has 0 spiro atoms. The van der Waals surface area contributed by atoms with Crippen molar-refractivity contribution in [2.45, 2.75) is 0 Å². The molecule has 1 aromatic heterocycles. The molecule has 84 valence electrons. The van der Waals surface area contributed by atoms with Crippen molar-refractivity contribution < 1.29 is 4.48 Å². The van der Waals surface area contributed by atoms with Gasteiger partial charge in [0.2, 0.25) is 5.95 Å². The van der Waals surface area contributed by atoms with E-state index in [0.717, 1.165) is 5.69 Å². The molecule has 1 heterocycles. The molecule has 0 atom stereocenters. The lowest BCUT2D eigenvalue weighted by molar-refractivity contribution is 0.392. The molecule has 0 aliphatic rings. The lowest BCUT2D eigenvalue weighted by Gasteiger charge is -2.02. The Bertz CT molecular complexity index is 646. The number of rotatable bonds is 2. The second-order valence-corrected chi connectivity index (χ2v) is 3.70. The van der Waals surface area contributed by atoms with Gasteiger partial charge in [0.05, 0.1) is 5.52 Å². The van der Waals surface area contributed by atoms with Crippen LogP contribution < -0.4 is 5.32 Å². The molecule has 0 fully saturated rings. The summed E-state index contributed by atoms with van der Waals surface area (Å²) in [4.78, 5) is 4.74. The number of halogens is 1. The van der Waals surface area contributed by atoms with Crippen LogP contribution in [0, 0.1) is 0 Å². The molecule has 3 nitrogen and oxygen atoms in total. The van der Waals surface area contributed by atoms with Gasteiger partial charge in [-0.15, -0.1) is 4.79 Å². The minimum absolute atomic E-state index is 0.192. The number of benzene rings is 2. The molecular weight excluding hydrogens is 217 g/mol. The zero-order chi connectivity index (χ0) is 11.7. The first-order valence-corrected chi connectivity index (χ1v) is 5.30. The van der Waals surface area contributed by atoms with Gasteiger partial charge in [-0.05, 0) is 24.3 Å². The highest BCUT2D eigenvalue weighted by atomic mass is 19.2. The molecule has 1 N–H and O–H groups in total. The molecule has 17 heavy (non-hydrogen) atoms. The van der Waals surface area contributed by atoms with Crippen molar-refractivity contribution in [3.8, 4) is 0 Å². The van der Waals surface area contributed by atoms with Crippen LogP contribution in [0.3, 0.4) is 0 Å². The van der Waals surface area contributed by atoms with E-state index >= 15 is 0 Å². The van der Waals surface area contributed by atoms with Gasteiger partial charge in [-0.3, -0.25) is 0 Å². The van der Waals surface area contributed by atoms with Gasteiger partial charge in [-0.25, -0.2) is 4.98 Å². The lowest BCUT2D eigenvalue weighted by atomic mass is 10.3. The zero-order valence-corrected chi connectivity index (χ0v) is 8.97. The molecule has 4 heteroatoms. The van der Waals surface area contributed by atoms with Crippen molar-refractivity contribution in [1.82, 2.24) is 9.77 Å². The van der Waals surface area contributed by atoms with Gasteiger partial charge in [0.25, 0.3) is 0 Å². The van der Waals surface area contributed by atoms with Crippen LogP contribution in [0.15, 0.2) is 54.6 Å². The number of para-hydroxylation sites is 3. The quantitative estimate of drug-likeness (QED) is 0.726. The summed E-state index contributed by atoms with van der Waals surface area (Å²) < 4.78 is 13.9. The minimum atomic E-state index is 0.192. The number of nitrogens with one attached hydrogen (secondary N) is 1. The number of anilines is 2. The summed E-state index contributed by atoms with van der Waals surface area (Å²) in [6.07, 6.45) is 0. The normalized spacial score (nSPS) is 10.6. The summed E-state index contributed by atoms with van der Waals surface area (Å²) in [5, 5.41) is 2.94. The van der Waals surface area contributed by atoms with Gasteiger partial charge in [0.1, 0.15) is 5.52 Å². The molecule has 0 amide bonds. The first kappa shape index (κ1) is 9.84. The highest BCUT2D eigenvalue weighted by Crippen LogP contribution is 2.22. The van der Waals surface area contributed by atoms with E-state index in [2.05, 4.69) is 10.3 Å². The largest absolute Gasteiger partial charge is 0.324 e. The van der Waals surface area contributed by atoms with E-state index in [4.69, 9.17) is 0 Å². The highest BCUT2D eigenvalue weighted by Gasteiger charge is 2.09. The van der Waals surface area contributed by atoms with Crippen molar-refractivity contribution in [3.05, 3.63) is 54.6 Å². The number of hydrogen-bond acceptors (Lipinski definition) is 2. The van der Waals surface area contributed by atoms with Crippen LogP contribution in [-0.2, 0) is 0 Å². The predicted octanol–water partition coefficient (Wildman–Crippen LogP) is 3.51. The minimum Gasteiger partial charge on any atom is -0.324 e. The molecule has 0 saturated heterocycles. The summed E-state index contributed by atoms with van der Waals surface area (Å²) in [6.45, 7) is 0. The molecular formula is C13H10FN3. The molecule has 3 rings (SSSR count). The Hall–Kier alpha value is -2.36. The van der Waals surface area contributed by atoms with E-state index < -0.39 is 0 Å². The average Bonchev–Trinajstić information content (AvgIpc) is 2.68. The van der Waals surface area contributed by atoms with E-state index in [1.165, 1.54) is 0 Å². The first-order chi connectivity index (χ1) is 8.34. The van der Waals surface area contributed by atoms with Crippen molar-refractivity contribution in [2.24, 2.45) is 0 Å². The van der Waals surface area contributed by atoms with E-state index in [0.29, 0.717) is 15.8 Å². The summed E-state index contributed by atoms with van der Waals surface area (Å²) in [5.74, 6) is 0.192. The van der Waals surface area contributed by atoms with Crippen molar-refractivity contribution in [1.29, 1.82) is 0 Å². The molecule has 0 saturated carbocycles. The first-order valence-electron chi connectivity index (χ1n) is 5.30. The van der Waals surface area contributed by atoms with E-state index in [9.17, 15) is 4.48 Å². The maximum absolute atomic E-state index is 13.9. The number of fused-ring (bicyclic) bond motifs is 1. The SMILES string of the molecule is Fn1c(Nc2ccccc2)nc2ccccc21. The fourth-order valence-corrected chi connectivity index (χ4v) is 1.72. The van der Waals surface area contributed by atoms with Crippen molar-refractivity contribution in [3.63, 3.8) is 0 Å². The predicted molar refractivity (Wildman–Crippen MR) is 66.0 cm³/mol. The zero-order valence-electron chi connectivity index (χ0n) is 8.97. The van der Waals surface area contributed by atoms with E-state index in [-0.39, 0.29) is 5.95 Å². The molecule has 0 unspecified atom stereocenters. The van der Waals surface area contributed by atoms with Crippen molar-refractivity contribution >= 4 is 22.7 Å². The summed E-state index contributed by atoms with van der Waals surface area (Å²) in [7, 11) is 0. The summed E-state index contributed by atoms with van der Waals surface area (Å²) >= 11 is 0. The van der Waals surface area contributed by atoms with E-state index in [1.54, 1.807) is 18.2 Å². The van der Waals surface area contributed by atoms with Crippen molar-refractivity contribution in [2.75, 3.05) is 5.32 Å². The third-order valence-electron chi connectivity index (χ3n) is 2.54. The Balaban J connectivity index is 2.04. The average molecular weight is 227 g/mol. The number of nitrogens with zero attached hydrogens (tertiary/aromatic N) is 2. The van der Waals surface area contributed by atoms with Gasteiger partial charge in [0.15, 0.2) is 0 Å². The molecule has 0 bridgehead atoms. The Kier molecular flexibility index (Phi) is 2.26. The third kappa shape index (κ3) is 1.73. The fourth-order valence-electron chi connectivity index (χ4n) is 1.72. The number of aromatic nitrogens is 2. The van der Waals surface area contributed by atoms with Gasteiger partial charge in [0, 0.05) is 5.69 Å². The smallest absolute Gasteiger partial charge is 0.237 e. The maximum Gasteiger partial charge on any atom is 0.237 e. The number of hydrogen-bond donors (Lipinski definition) is 1. The van der Waals surface area contributed by atoms with Crippen LogP contribution in [-0.4, -0.2) is 9.77 Å². The molecule has 3 aromatic rings. The van der Waals surface area contributed by atoms with Crippen LogP contribution in [0.2, 0.25) is 0 Å². The molecule has 0 radical (unpaired) electrons. The van der Waals surface area contributed by atoms with Crippen LogP contribution in [0.25, 0.3) is 11.0 Å². The Labute approximate surface area is 97.5 Å². The molecule has 0 aliphatic carbocycles. The standard InChI is InChI=1S/C13H10FN3/c14-17-12-9-5-4-8-11(12)16-13(17)15-10-6-2-1-3-7-10/h1-9H,(H,15,16). The van der Waals surface area contributed by atoms with E-state index in [1.807, 2.05) is 36.4 Å². The second kappa shape index (κ2) is 3.90. The maximum atomic E-state index is 13.9.